The van der Waals surface area contributed by atoms with E-state index in [1.54, 1.807) is 6.92 Å². The number of nitrogens with one attached hydrogen (secondary N) is 1. The van der Waals surface area contributed by atoms with Gasteiger partial charge in [-0.3, -0.25) is 4.79 Å². The summed E-state index contributed by atoms with van der Waals surface area (Å²) in [5, 5.41) is 14.9. The highest BCUT2D eigenvalue weighted by Gasteiger charge is 2.15. The monoisotopic (exact) mass is 281 g/mol. The maximum absolute atomic E-state index is 11.7. The van der Waals surface area contributed by atoms with E-state index in [1.165, 1.54) is 18.2 Å². The number of amides is 1. The van der Waals surface area contributed by atoms with Gasteiger partial charge in [-0.2, -0.15) is 4.98 Å². The third-order valence-corrected chi connectivity index (χ3v) is 2.51. The van der Waals surface area contributed by atoms with E-state index in [9.17, 15) is 9.59 Å². The lowest BCUT2D eigenvalue weighted by Gasteiger charge is -2.04. The van der Waals surface area contributed by atoms with Crippen LogP contribution in [-0.4, -0.2) is 27.1 Å². The lowest BCUT2D eigenvalue weighted by molar-refractivity contribution is 0.0696. The maximum atomic E-state index is 11.7. The van der Waals surface area contributed by atoms with Gasteiger partial charge in [0.2, 0.25) is 5.89 Å². The Morgan fingerprint density at radius 1 is 1.42 bits per heavy atom. The van der Waals surface area contributed by atoms with Crippen LogP contribution in [0.4, 0.5) is 5.69 Å². The molecule has 7 nitrogen and oxygen atoms in total. The molecule has 98 valence electrons. The van der Waals surface area contributed by atoms with Gasteiger partial charge in [0.05, 0.1) is 10.6 Å². The second-order valence-electron chi connectivity index (χ2n) is 3.59. The predicted octanol–water partition coefficient (Wildman–Crippen LogP) is 1.98. The van der Waals surface area contributed by atoms with E-state index in [0.29, 0.717) is 0 Å². The largest absolute Gasteiger partial charge is 0.478 e. The molecule has 0 saturated heterocycles. The third kappa shape index (κ3) is 2.89. The minimum atomic E-state index is -1.18. The Bertz CT molecular complexity index is 653. The van der Waals surface area contributed by atoms with Gasteiger partial charge in [0, 0.05) is 12.6 Å². The van der Waals surface area contributed by atoms with E-state index in [-0.39, 0.29) is 28.0 Å². The molecule has 1 amide bonds. The van der Waals surface area contributed by atoms with E-state index in [2.05, 4.69) is 20.0 Å². The van der Waals surface area contributed by atoms with Crippen molar-refractivity contribution in [2.45, 2.75) is 6.92 Å². The molecule has 0 saturated carbocycles. The van der Waals surface area contributed by atoms with Gasteiger partial charge in [-0.1, -0.05) is 16.8 Å². The summed E-state index contributed by atoms with van der Waals surface area (Å²) in [4.78, 5) is 26.4. The average Bonchev–Trinajstić information content (AvgIpc) is 2.78. The van der Waals surface area contributed by atoms with Crippen molar-refractivity contribution in [1.29, 1.82) is 0 Å². The Morgan fingerprint density at radius 3 is 2.74 bits per heavy atom. The number of aromatic nitrogens is 2. The number of hydrogen-bond donors (Lipinski definition) is 2. The van der Waals surface area contributed by atoms with Gasteiger partial charge >= 0.3 is 5.97 Å². The standard InChI is InChI=1S/C11H8ClN3O4/c1-5-13-9(15-19-5)10(16)14-6-2-3-8(12)7(4-6)11(17)18/h2-4H,1H3,(H,14,16)(H,17,18). The number of carbonyl (C=O) groups excluding carboxylic acids is 1. The molecule has 2 rings (SSSR count). The van der Waals surface area contributed by atoms with Gasteiger partial charge in [0.25, 0.3) is 11.7 Å². The quantitative estimate of drug-likeness (QED) is 0.891. The van der Waals surface area contributed by atoms with Crippen molar-refractivity contribution in [3.05, 3.63) is 40.5 Å². The van der Waals surface area contributed by atoms with E-state index < -0.39 is 11.9 Å². The highest BCUT2D eigenvalue weighted by atomic mass is 35.5. The van der Waals surface area contributed by atoms with Gasteiger partial charge in [0.15, 0.2) is 0 Å². The molecule has 0 aliphatic rings. The summed E-state index contributed by atoms with van der Waals surface area (Å²) in [5.41, 5.74) is 0.165. The molecule has 0 aliphatic heterocycles. The highest BCUT2D eigenvalue weighted by Crippen LogP contribution is 2.20. The maximum Gasteiger partial charge on any atom is 0.337 e. The molecule has 1 heterocycles. The Balaban J connectivity index is 2.22. The Hall–Kier alpha value is -2.41. The number of aryl methyl sites for hydroxylation is 1. The first-order chi connectivity index (χ1) is 8.97. The van der Waals surface area contributed by atoms with Crippen LogP contribution >= 0.6 is 11.6 Å². The van der Waals surface area contributed by atoms with Crippen LogP contribution in [0.3, 0.4) is 0 Å². The number of carboxylic acids is 1. The molecule has 2 N–H and O–H groups in total. The van der Waals surface area contributed by atoms with Crippen LogP contribution in [-0.2, 0) is 0 Å². The Morgan fingerprint density at radius 2 is 2.16 bits per heavy atom. The lowest BCUT2D eigenvalue weighted by Crippen LogP contribution is -2.14. The molecule has 0 fully saturated rings. The van der Waals surface area contributed by atoms with Gasteiger partial charge in [-0.05, 0) is 18.2 Å². The number of anilines is 1. The van der Waals surface area contributed by atoms with E-state index >= 15 is 0 Å². The fourth-order valence-electron chi connectivity index (χ4n) is 1.35. The number of aromatic carboxylic acids is 1. The molecule has 8 heteroatoms. The van der Waals surface area contributed by atoms with Gasteiger partial charge < -0.3 is 14.9 Å². The first-order valence-corrected chi connectivity index (χ1v) is 5.49. The molecule has 19 heavy (non-hydrogen) atoms. The van der Waals surface area contributed by atoms with Crippen molar-refractivity contribution in [3.63, 3.8) is 0 Å². The number of benzene rings is 1. The SMILES string of the molecule is Cc1nc(C(=O)Nc2ccc(Cl)c(C(=O)O)c2)no1. The normalized spacial score (nSPS) is 10.2. The second kappa shape index (κ2) is 5.07. The van der Waals surface area contributed by atoms with Crippen molar-refractivity contribution < 1.29 is 19.2 Å². The molecular weight excluding hydrogens is 274 g/mol. The van der Waals surface area contributed by atoms with Crippen LogP contribution in [0.5, 0.6) is 0 Å². The number of hydrogen-bond acceptors (Lipinski definition) is 5. The summed E-state index contributed by atoms with van der Waals surface area (Å²) in [6, 6.07) is 4.09. The number of nitrogens with zero attached hydrogens (tertiary/aromatic N) is 2. The summed E-state index contributed by atoms with van der Waals surface area (Å²) < 4.78 is 4.67. The molecule has 1 aromatic carbocycles. The van der Waals surface area contributed by atoms with Crippen molar-refractivity contribution in [3.8, 4) is 0 Å². The summed E-state index contributed by atoms with van der Waals surface area (Å²) in [7, 11) is 0. The molecule has 0 spiro atoms. The minimum absolute atomic E-state index is 0.0842. The zero-order valence-corrected chi connectivity index (χ0v) is 10.4. The van der Waals surface area contributed by atoms with Crippen LogP contribution in [0.15, 0.2) is 22.7 Å². The zero-order chi connectivity index (χ0) is 14.0. The van der Waals surface area contributed by atoms with Crippen molar-refractivity contribution in [2.75, 3.05) is 5.32 Å². The van der Waals surface area contributed by atoms with Gasteiger partial charge in [-0.15, -0.1) is 0 Å². The van der Waals surface area contributed by atoms with E-state index in [1.807, 2.05) is 0 Å². The summed E-state index contributed by atoms with van der Waals surface area (Å²) in [6.07, 6.45) is 0. The lowest BCUT2D eigenvalue weighted by atomic mass is 10.2. The number of carbonyl (C=O) groups is 2. The topological polar surface area (TPSA) is 105 Å². The molecule has 0 radical (unpaired) electrons. The fraction of sp³-hybridized carbons (Fsp3) is 0.0909. The molecule has 0 aliphatic carbocycles. The number of rotatable bonds is 3. The van der Waals surface area contributed by atoms with Crippen LogP contribution < -0.4 is 5.32 Å². The smallest absolute Gasteiger partial charge is 0.337 e. The summed E-state index contributed by atoms with van der Waals surface area (Å²) in [6.45, 7) is 1.55. The number of halogens is 1. The molecule has 2 aromatic rings. The highest BCUT2D eigenvalue weighted by molar-refractivity contribution is 6.33. The van der Waals surface area contributed by atoms with Crippen molar-refractivity contribution in [2.24, 2.45) is 0 Å². The van der Waals surface area contributed by atoms with Crippen molar-refractivity contribution >= 4 is 29.2 Å². The van der Waals surface area contributed by atoms with E-state index in [4.69, 9.17) is 16.7 Å². The van der Waals surface area contributed by atoms with Crippen LogP contribution in [0.2, 0.25) is 5.02 Å². The summed E-state index contributed by atoms with van der Waals surface area (Å²) >= 11 is 5.71. The first-order valence-electron chi connectivity index (χ1n) is 5.12. The molecule has 0 bridgehead atoms. The average molecular weight is 282 g/mol. The van der Waals surface area contributed by atoms with Crippen molar-refractivity contribution in [1.82, 2.24) is 10.1 Å². The fourth-order valence-corrected chi connectivity index (χ4v) is 1.54. The predicted molar refractivity (Wildman–Crippen MR) is 65.4 cm³/mol. The first kappa shape index (κ1) is 13.0. The third-order valence-electron chi connectivity index (χ3n) is 2.19. The van der Waals surface area contributed by atoms with Crippen LogP contribution in [0.25, 0.3) is 0 Å². The molecule has 0 unspecified atom stereocenters. The van der Waals surface area contributed by atoms with Crippen LogP contribution in [0, 0.1) is 6.92 Å². The Kier molecular flexibility index (Phi) is 3.48. The van der Waals surface area contributed by atoms with Crippen LogP contribution in [0.1, 0.15) is 26.9 Å². The molecule has 0 atom stereocenters. The number of carboxylic acid groups (broad SMARTS) is 1. The molecule has 1 aromatic heterocycles. The Labute approximate surface area is 112 Å². The second-order valence-corrected chi connectivity index (χ2v) is 4.00. The summed E-state index contributed by atoms with van der Waals surface area (Å²) in [5.74, 6) is -1.66. The van der Waals surface area contributed by atoms with Gasteiger partial charge in [-0.25, -0.2) is 4.79 Å². The zero-order valence-electron chi connectivity index (χ0n) is 9.68. The minimum Gasteiger partial charge on any atom is -0.478 e. The van der Waals surface area contributed by atoms with E-state index in [0.717, 1.165) is 0 Å². The molecular formula is C11H8ClN3O4. The van der Waals surface area contributed by atoms with Gasteiger partial charge in [0.1, 0.15) is 0 Å².